The molecule has 1 aliphatic heterocycles. The number of amides is 1. The normalized spacial score (nSPS) is 20.6. The summed E-state index contributed by atoms with van der Waals surface area (Å²) in [5.41, 5.74) is 5.68. The molecule has 0 aromatic heterocycles. The van der Waals surface area contributed by atoms with E-state index in [0.717, 1.165) is 38.6 Å². The first-order valence-corrected chi connectivity index (χ1v) is 6.31. The van der Waals surface area contributed by atoms with Gasteiger partial charge in [-0.1, -0.05) is 13.3 Å². The van der Waals surface area contributed by atoms with Crippen LogP contribution in [-0.4, -0.2) is 30.2 Å². The number of nitrogens with zero attached hydrogens (tertiary/aromatic N) is 1. The number of carbonyl (C=O) groups excluding carboxylic acids is 1. The molecule has 0 aliphatic carbocycles. The molecule has 1 rings (SSSR count). The molecule has 0 saturated carbocycles. The molecular weight excluding hydrogens is 204 g/mol. The van der Waals surface area contributed by atoms with E-state index in [9.17, 15) is 4.79 Å². The molecule has 2 atom stereocenters. The van der Waals surface area contributed by atoms with Gasteiger partial charge in [-0.05, 0) is 32.6 Å². The van der Waals surface area contributed by atoms with Gasteiger partial charge in [0.05, 0.1) is 6.61 Å². The lowest BCUT2D eigenvalue weighted by molar-refractivity contribution is -0.201. The van der Waals surface area contributed by atoms with Crippen LogP contribution >= 0.6 is 0 Å². The van der Waals surface area contributed by atoms with Gasteiger partial charge in [0.2, 0.25) is 5.91 Å². The maximum Gasteiger partial charge on any atom is 0.248 e. The van der Waals surface area contributed by atoms with Crippen LogP contribution in [0.3, 0.4) is 0 Å². The van der Waals surface area contributed by atoms with E-state index >= 15 is 0 Å². The van der Waals surface area contributed by atoms with Gasteiger partial charge in [0.15, 0.2) is 0 Å². The second kappa shape index (κ2) is 6.86. The molecule has 1 saturated heterocycles. The zero-order valence-electron chi connectivity index (χ0n) is 10.4. The molecular formula is C12H24N2O2. The molecule has 94 valence electrons. The molecule has 1 amide bonds. The highest BCUT2D eigenvalue weighted by Gasteiger charge is 2.22. The molecule has 1 heterocycles. The van der Waals surface area contributed by atoms with Crippen LogP contribution in [-0.2, 0) is 9.63 Å². The third-order valence-corrected chi connectivity index (χ3v) is 2.97. The predicted molar refractivity (Wildman–Crippen MR) is 63.6 cm³/mol. The summed E-state index contributed by atoms with van der Waals surface area (Å²) in [7, 11) is 0. The summed E-state index contributed by atoms with van der Waals surface area (Å²) in [6.45, 7) is 5.40. The van der Waals surface area contributed by atoms with Crippen molar-refractivity contribution < 1.29 is 9.63 Å². The highest BCUT2D eigenvalue weighted by Crippen LogP contribution is 2.15. The predicted octanol–water partition coefficient (Wildman–Crippen LogP) is 1.69. The summed E-state index contributed by atoms with van der Waals surface area (Å²) in [4.78, 5) is 17.3. The maximum absolute atomic E-state index is 11.9. The highest BCUT2D eigenvalue weighted by molar-refractivity contribution is 5.77. The van der Waals surface area contributed by atoms with Crippen molar-refractivity contribution in [3.05, 3.63) is 0 Å². The topological polar surface area (TPSA) is 55.6 Å². The summed E-state index contributed by atoms with van der Waals surface area (Å²) in [6, 6.07) is 0.230. The lowest BCUT2D eigenvalue weighted by atomic mass is 10.0. The monoisotopic (exact) mass is 228 g/mol. The first kappa shape index (κ1) is 13.5. The molecule has 2 unspecified atom stereocenters. The lowest BCUT2D eigenvalue weighted by Crippen LogP contribution is -2.39. The van der Waals surface area contributed by atoms with Gasteiger partial charge < -0.3 is 5.73 Å². The van der Waals surface area contributed by atoms with Gasteiger partial charge in [0, 0.05) is 18.5 Å². The lowest BCUT2D eigenvalue weighted by Gasteiger charge is -2.28. The van der Waals surface area contributed by atoms with Crippen molar-refractivity contribution in [2.45, 2.75) is 52.0 Å². The molecule has 1 fully saturated rings. The van der Waals surface area contributed by atoms with Crippen molar-refractivity contribution >= 4 is 5.91 Å². The first-order chi connectivity index (χ1) is 7.61. The molecule has 0 spiro atoms. The van der Waals surface area contributed by atoms with Crippen molar-refractivity contribution in [3.8, 4) is 0 Å². The standard InChI is InChI=1S/C12H24N2O2/c1-10(6-5-7-11(2)13)12(15)14-8-3-4-9-16-14/h10-11H,3-9,13H2,1-2H3. The van der Waals surface area contributed by atoms with Crippen LogP contribution < -0.4 is 5.73 Å². The average Bonchev–Trinajstić information content (AvgIpc) is 2.28. The minimum absolute atomic E-state index is 0.0526. The zero-order chi connectivity index (χ0) is 12.0. The fourth-order valence-corrected chi connectivity index (χ4v) is 1.89. The van der Waals surface area contributed by atoms with Gasteiger partial charge in [-0.25, -0.2) is 5.06 Å². The van der Waals surface area contributed by atoms with Crippen LogP contribution in [0.5, 0.6) is 0 Å². The molecule has 0 radical (unpaired) electrons. The number of hydroxylamine groups is 2. The Morgan fingerprint density at radius 1 is 1.38 bits per heavy atom. The first-order valence-electron chi connectivity index (χ1n) is 6.31. The SMILES string of the molecule is CC(N)CCCC(C)C(=O)N1CCCCO1. The van der Waals surface area contributed by atoms with E-state index in [1.165, 1.54) is 0 Å². The van der Waals surface area contributed by atoms with Gasteiger partial charge >= 0.3 is 0 Å². The molecule has 4 heteroatoms. The van der Waals surface area contributed by atoms with E-state index < -0.39 is 0 Å². The van der Waals surface area contributed by atoms with Crippen molar-refractivity contribution in [2.24, 2.45) is 11.7 Å². The van der Waals surface area contributed by atoms with E-state index in [1.807, 2.05) is 13.8 Å². The fraction of sp³-hybridized carbons (Fsp3) is 0.917. The van der Waals surface area contributed by atoms with Crippen LogP contribution in [0.4, 0.5) is 0 Å². The van der Waals surface area contributed by atoms with E-state index in [-0.39, 0.29) is 17.9 Å². The van der Waals surface area contributed by atoms with Crippen molar-refractivity contribution in [3.63, 3.8) is 0 Å². The Hall–Kier alpha value is -0.610. The van der Waals surface area contributed by atoms with E-state index in [4.69, 9.17) is 10.6 Å². The van der Waals surface area contributed by atoms with E-state index in [0.29, 0.717) is 6.61 Å². The van der Waals surface area contributed by atoms with Crippen molar-refractivity contribution in [1.29, 1.82) is 0 Å². The quantitative estimate of drug-likeness (QED) is 0.779. The smallest absolute Gasteiger partial charge is 0.248 e. The number of nitrogens with two attached hydrogens (primary N) is 1. The van der Waals surface area contributed by atoms with Crippen LogP contribution in [0.2, 0.25) is 0 Å². The van der Waals surface area contributed by atoms with Gasteiger partial charge in [-0.3, -0.25) is 9.63 Å². The van der Waals surface area contributed by atoms with Crippen molar-refractivity contribution in [2.75, 3.05) is 13.2 Å². The van der Waals surface area contributed by atoms with Gasteiger partial charge in [0.1, 0.15) is 0 Å². The molecule has 1 aliphatic rings. The van der Waals surface area contributed by atoms with E-state index in [2.05, 4.69) is 0 Å². The Labute approximate surface area is 98.1 Å². The van der Waals surface area contributed by atoms with Gasteiger partial charge in [0.25, 0.3) is 0 Å². The molecule has 0 bridgehead atoms. The van der Waals surface area contributed by atoms with Crippen LogP contribution in [0, 0.1) is 5.92 Å². The fourth-order valence-electron chi connectivity index (χ4n) is 1.89. The zero-order valence-corrected chi connectivity index (χ0v) is 10.4. The molecule has 16 heavy (non-hydrogen) atoms. The average molecular weight is 228 g/mol. The minimum Gasteiger partial charge on any atom is -0.328 e. The maximum atomic E-state index is 11.9. The second-order valence-corrected chi connectivity index (χ2v) is 4.79. The van der Waals surface area contributed by atoms with E-state index in [1.54, 1.807) is 5.06 Å². The number of rotatable bonds is 5. The Morgan fingerprint density at radius 2 is 2.12 bits per heavy atom. The highest BCUT2D eigenvalue weighted by atomic mass is 16.7. The van der Waals surface area contributed by atoms with Gasteiger partial charge in [-0.2, -0.15) is 0 Å². The van der Waals surface area contributed by atoms with Crippen LogP contribution in [0.15, 0.2) is 0 Å². The minimum atomic E-state index is 0.0526. The Morgan fingerprint density at radius 3 is 2.69 bits per heavy atom. The summed E-state index contributed by atoms with van der Waals surface area (Å²) in [5.74, 6) is 0.182. The Balaban J connectivity index is 2.23. The number of carbonyl (C=O) groups is 1. The molecule has 0 aromatic carbocycles. The third-order valence-electron chi connectivity index (χ3n) is 2.97. The molecule has 0 aromatic rings. The Kier molecular flexibility index (Phi) is 5.77. The van der Waals surface area contributed by atoms with Crippen LogP contribution in [0.1, 0.15) is 46.0 Å². The second-order valence-electron chi connectivity index (χ2n) is 4.79. The summed E-state index contributed by atoms with van der Waals surface area (Å²) in [6.07, 6.45) is 5.01. The third kappa shape index (κ3) is 4.49. The molecule has 4 nitrogen and oxygen atoms in total. The molecule has 2 N–H and O–H groups in total. The summed E-state index contributed by atoms with van der Waals surface area (Å²) >= 11 is 0. The van der Waals surface area contributed by atoms with Gasteiger partial charge in [-0.15, -0.1) is 0 Å². The number of hydrogen-bond donors (Lipinski definition) is 1. The number of hydrogen-bond acceptors (Lipinski definition) is 3. The van der Waals surface area contributed by atoms with Crippen molar-refractivity contribution in [1.82, 2.24) is 5.06 Å². The Bertz CT molecular complexity index is 213. The largest absolute Gasteiger partial charge is 0.328 e. The summed E-state index contributed by atoms with van der Waals surface area (Å²) in [5, 5.41) is 1.54. The summed E-state index contributed by atoms with van der Waals surface area (Å²) < 4.78 is 0. The van der Waals surface area contributed by atoms with Crippen LogP contribution in [0.25, 0.3) is 0 Å².